The van der Waals surface area contributed by atoms with Crippen LogP contribution >= 0.6 is 39.1 Å². The molecule has 7 heteroatoms. The molecule has 0 saturated carbocycles. The van der Waals surface area contributed by atoms with Crippen LogP contribution in [0.4, 0.5) is 5.69 Å². The van der Waals surface area contributed by atoms with Crippen LogP contribution in [0.5, 0.6) is 5.75 Å². The summed E-state index contributed by atoms with van der Waals surface area (Å²) in [6.07, 6.45) is 0.905. The molecular weight excluding hydrogens is 549 g/mol. The number of anilines is 1. The standard InChI is InChI=1S/C28H28BrCl2NO3/c1-17(2)25-13-19(24-11-8-21(30)14-26(24)31)15-35-28(25)18-4-3-5-23(12-18)34-16-27(33)32-22-9-6-20(29)7-10-22/h3-12,14,17,19,25,28H,13,15-16H2,1-2H3,(H,32,33)/t19-,25-,28-/m0/s1. The minimum absolute atomic E-state index is 0.0579. The summed E-state index contributed by atoms with van der Waals surface area (Å²) in [5, 5.41) is 4.16. The van der Waals surface area contributed by atoms with Crippen molar-refractivity contribution in [2.45, 2.75) is 32.3 Å². The maximum atomic E-state index is 12.3. The van der Waals surface area contributed by atoms with Gasteiger partial charge in [-0.2, -0.15) is 0 Å². The number of carbonyl (C=O) groups is 1. The van der Waals surface area contributed by atoms with Gasteiger partial charge in [-0.05, 0) is 77.9 Å². The molecule has 1 saturated heterocycles. The molecule has 0 aliphatic carbocycles. The normalized spacial score (nSPS) is 20.0. The SMILES string of the molecule is CC(C)[C@@H]1C[C@H](c2ccc(Cl)cc2Cl)CO[C@H]1c1cccc(OCC(=O)Nc2ccc(Br)cc2)c1. The Hall–Kier alpha value is -2.05. The van der Waals surface area contributed by atoms with E-state index < -0.39 is 0 Å². The summed E-state index contributed by atoms with van der Waals surface area (Å²) >= 11 is 16.0. The van der Waals surface area contributed by atoms with Gasteiger partial charge in [-0.3, -0.25) is 4.79 Å². The van der Waals surface area contributed by atoms with Crippen molar-refractivity contribution in [1.82, 2.24) is 0 Å². The molecule has 0 bridgehead atoms. The van der Waals surface area contributed by atoms with E-state index in [1.54, 1.807) is 6.07 Å². The van der Waals surface area contributed by atoms with Crippen LogP contribution in [-0.4, -0.2) is 19.1 Å². The zero-order valence-corrected chi connectivity index (χ0v) is 22.7. The molecule has 35 heavy (non-hydrogen) atoms. The maximum absolute atomic E-state index is 12.3. The van der Waals surface area contributed by atoms with Crippen LogP contribution in [0.15, 0.2) is 71.2 Å². The average Bonchev–Trinajstić information content (AvgIpc) is 2.84. The van der Waals surface area contributed by atoms with Gasteiger partial charge in [-0.15, -0.1) is 0 Å². The second-order valence-electron chi connectivity index (χ2n) is 9.18. The number of nitrogens with one attached hydrogen (secondary N) is 1. The molecule has 1 amide bonds. The minimum Gasteiger partial charge on any atom is -0.484 e. The van der Waals surface area contributed by atoms with E-state index >= 15 is 0 Å². The highest BCUT2D eigenvalue weighted by Gasteiger charge is 2.35. The Morgan fingerprint density at radius 1 is 1.11 bits per heavy atom. The Labute approximate surface area is 225 Å². The zero-order valence-electron chi connectivity index (χ0n) is 19.6. The Bertz CT molecular complexity index is 1170. The summed E-state index contributed by atoms with van der Waals surface area (Å²) in [5.41, 5.74) is 2.85. The number of amides is 1. The van der Waals surface area contributed by atoms with Crippen molar-refractivity contribution in [3.05, 3.63) is 92.4 Å². The zero-order chi connectivity index (χ0) is 24.9. The largest absolute Gasteiger partial charge is 0.484 e. The van der Waals surface area contributed by atoms with E-state index in [1.165, 1.54) is 0 Å². The van der Waals surface area contributed by atoms with Gasteiger partial charge in [0.2, 0.25) is 0 Å². The molecule has 3 aromatic rings. The molecule has 0 aromatic heterocycles. The Morgan fingerprint density at radius 2 is 1.89 bits per heavy atom. The molecule has 0 radical (unpaired) electrons. The molecule has 1 heterocycles. The van der Waals surface area contributed by atoms with Gasteiger partial charge in [0, 0.05) is 26.1 Å². The number of benzene rings is 3. The molecule has 1 N–H and O–H groups in total. The first-order valence-electron chi connectivity index (χ1n) is 11.6. The number of rotatable bonds is 7. The fourth-order valence-corrected chi connectivity index (χ4v) is 5.37. The summed E-state index contributed by atoms with van der Waals surface area (Å²) in [4.78, 5) is 12.3. The minimum atomic E-state index is -0.214. The van der Waals surface area contributed by atoms with E-state index in [4.69, 9.17) is 32.7 Å². The Kier molecular flexibility index (Phi) is 8.77. The second-order valence-corrected chi connectivity index (χ2v) is 10.9. The van der Waals surface area contributed by atoms with Crippen LogP contribution in [-0.2, 0) is 9.53 Å². The van der Waals surface area contributed by atoms with Crippen molar-refractivity contribution in [1.29, 1.82) is 0 Å². The molecule has 184 valence electrons. The van der Waals surface area contributed by atoms with E-state index in [1.807, 2.05) is 54.6 Å². The lowest BCUT2D eigenvalue weighted by atomic mass is 9.76. The number of halogens is 3. The predicted molar refractivity (Wildman–Crippen MR) is 146 cm³/mol. The number of hydrogen-bond donors (Lipinski definition) is 1. The van der Waals surface area contributed by atoms with Crippen LogP contribution in [0.2, 0.25) is 10.0 Å². The lowest BCUT2D eigenvalue weighted by Crippen LogP contribution is -2.31. The van der Waals surface area contributed by atoms with E-state index in [9.17, 15) is 4.79 Å². The van der Waals surface area contributed by atoms with Crippen LogP contribution in [0.3, 0.4) is 0 Å². The monoisotopic (exact) mass is 575 g/mol. The van der Waals surface area contributed by atoms with E-state index in [0.29, 0.717) is 34.2 Å². The van der Waals surface area contributed by atoms with Crippen LogP contribution < -0.4 is 10.1 Å². The number of carbonyl (C=O) groups excluding carboxylic acids is 1. The van der Waals surface area contributed by atoms with Crippen molar-refractivity contribution >= 4 is 50.7 Å². The van der Waals surface area contributed by atoms with Crippen LogP contribution in [0, 0.1) is 11.8 Å². The quantitative estimate of drug-likeness (QED) is 0.308. The van der Waals surface area contributed by atoms with Gasteiger partial charge < -0.3 is 14.8 Å². The Morgan fingerprint density at radius 3 is 2.60 bits per heavy atom. The van der Waals surface area contributed by atoms with Gasteiger partial charge >= 0.3 is 0 Å². The van der Waals surface area contributed by atoms with Gasteiger partial charge in [-0.1, -0.05) is 71.2 Å². The van der Waals surface area contributed by atoms with Gasteiger partial charge in [0.25, 0.3) is 5.91 Å². The lowest BCUT2D eigenvalue weighted by molar-refractivity contribution is -0.118. The fourth-order valence-electron chi connectivity index (χ4n) is 4.54. The van der Waals surface area contributed by atoms with Crippen LogP contribution in [0.25, 0.3) is 0 Å². The molecule has 4 rings (SSSR count). The van der Waals surface area contributed by atoms with Gasteiger partial charge in [0.1, 0.15) is 5.75 Å². The molecule has 0 unspecified atom stereocenters. The fraction of sp³-hybridized carbons (Fsp3) is 0.321. The van der Waals surface area contributed by atoms with Crippen molar-refractivity contribution in [3.63, 3.8) is 0 Å². The van der Waals surface area contributed by atoms with Gasteiger partial charge in [0.05, 0.1) is 12.7 Å². The van der Waals surface area contributed by atoms with Gasteiger partial charge in [-0.25, -0.2) is 0 Å². The lowest BCUT2D eigenvalue weighted by Gasteiger charge is -2.39. The average molecular weight is 577 g/mol. The van der Waals surface area contributed by atoms with Crippen LogP contribution in [0.1, 0.15) is 43.4 Å². The first-order valence-corrected chi connectivity index (χ1v) is 13.2. The van der Waals surface area contributed by atoms with E-state index in [0.717, 1.165) is 27.7 Å². The first-order chi connectivity index (χ1) is 16.8. The molecule has 1 aliphatic heterocycles. The van der Waals surface area contributed by atoms with Gasteiger partial charge in [0.15, 0.2) is 6.61 Å². The van der Waals surface area contributed by atoms with Crippen molar-refractivity contribution in [2.24, 2.45) is 11.8 Å². The molecular formula is C28H28BrCl2NO3. The van der Waals surface area contributed by atoms with Crippen molar-refractivity contribution < 1.29 is 14.3 Å². The van der Waals surface area contributed by atoms with E-state index in [-0.39, 0.29) is 24.5 Å². The molecule has 1 fully saturated rings. The molecule has 4 nitrogen and oxygen atoms in total. The molecule has 1 aliphatic rings. The second kappa shape index (κ2) is 11.8. The highest BCUT2D eigenvalue weighted by molar-refractivity contribution is 9.10. The Balaban J connectivity index is 1.42. The number of ether oxygens (including phenoxy) is 2. The predicted octanol–water partition coefficient (Wildman–Crippen LogP) is 8.29. The third kappa shape index (κ3) is 6.79. The summed E-state index contributed by atoms with van der Waals surface area (Å²) < 4.78 is 13.2. The first kappa shape index (κ1) is 26.0. The molecule has 0 spiro atoms. The highest BCUT2D eigenvalue weighted by atomic mass is 79.9. The van der Waals surface area contributed by atoms with Crippen molar-refractivity contribution in [3.8, 4) is 5.75 Å². The smallest absolute Gasteiger partial charge is 0.262 e. The summed E-state index contributed by atoms with van der Waals surface area (Å²) in [6, 6.07) is 20.9. The molecule has 3 atom stereocenters. The summed E-state index contributed by atoms with van der Waals surface area (Å²) in [6.45, 7) is 4.95. The summed E-state index contributed by atoms with van der Waals surface area (Å²) in [7, 11) is 0. The van der Waals surface area contributed by atoms with Crippen molar-refractivity contribution in [2.75, 3.05) is 18.5 Å². The summed E-state index contributed by atoms with van der Waals surface area (Å²) in [5.74, 6) is 1.36. The molecule has 3 aromatic carbocycles. The van der Waals surface area contributed by atoms with E-state index in [2.05, 4.69) is 41.2 Å². The third-order valence-electron chi connectivity index (χ3n) is 6.37. The topological polar surface area (TPSA) is 47.6 Å². The third-order valence-corrected chi connectivity index (χ3v) is 7.46. The number of hydrogen-bond acceptors (Lipinski definition) is 3. The highest BCUT2D eigenvalue weighted by Crippen LogP contribution is 2.45. The maximum Gasteiger partial charge on any atom is 0.262 e.